The Morgan fingerprint density at radius 3 is 1.58 bits per heavy atom. The average Bonchev–Trinajstić information content (AvgIpc) is 3.54. The summed E-state index contributed by atoms with van der Waals surface area (Å²) in [5, 5.41) is 25.0. The zero-order valence-electron chi connectivity index (χ0n) is 14.2. The minimum Gasteiger partial charge on any atom is -0.300 e. The summed E-state index contributed by atoms with van der Waals surface area (Å²) in [4.78, 5) is 23.4. The number of unbranched alkanes of at least 4 members (excludes halogenated alkanes) is 1. The van der Waals surface area contributed by atoms with E-state index < -0.39 is 0 Å². The Kier molecular flexibility index (Phi) is 5.21. The first-order valence-corrected chi connectivity index (χ1v) is 10.6. The van der Waals surface area contributed by atoms with Gasteiger partial charge in [-0.25, -0.2) is 0 Å². The molecule has 2 saturated carbocycles. The SMILES string of the molecule is O=C(Nc1nnc(CCCCc2nnc(NC(=O)C3CC3)s2)s1)C1CC1. The normalized spacial score (nSPS) is 16.5. The zero-order valence-corrected chi connectivity index (χ0v) is 15.9. The fourth-order valence-corrected chi connectivity index (χ4v) is 4.04. The third-order valence-electron chi connectivity index (χ3n) is 4.32. The molecule has 4 rings (SSSR count). The lowest BCUT2D eigenvalue weighted by Gasteiger charge is -1.97. The Hall–Kier alpha value is -1.94. The molecule has 0 radical (unpaired) electrons. The smallest absolute Gasteiger partial charge is 0.229 e. The molecule has 2 amide bonds. The summed E-state index contributed by atoms with van der Waals surface area (Å²) < 4.78 is 0. The van der Waals surface area contributed by atoms with Gasteiger partial charge in [-0.2, -0.15) is 0 Å². The first-order chi connectivity index (χ1) is 12.7. The zero-order chi connectivity index (χ0) is 17.9. The van der Waals surface area contributed by atoms with Crippen LogP contribution in [0.2, 0.25) is 0 Å². The van der Waals surface area contributed by atoms with Crippen LogP contribution in [0.3, 0.4) is 0 Å². The minimum atomic E-state index is 0.0635. The van der Waals surface area contributed by atoms with Crippen molar-refractivity contribution in [2.45, 2.75) is 51.4 Å². The Bertz CT molecular complexity index is 730. The fourth-order valence-electron chi connectivity index (χ4n) is 2.47. The third kappa shape index (κ3) is 4.82. The summed E-state index contributed by atoms with van der Waals surface area (Å²) in [7, 11) is 0. The van der Waals surface area contributed by atoms with E-state index in [0.717, 1.165) is 61.4 Å². The topological polar surface area (TPSA) is 110 Å². The van der Waals surface area contributed by atoms with Crippen LogP contribution >= 0.6 is 22.7 Å². The molecule has 2 aromatic rings. The third-order valence-corrected chi connectivity index (χ3v) is 6.12. The maximum Gasteiger partial charge on any atom is 0.229 e. The highest BCUT2D eigenvalue weighted by molar-refractivity contribution is 7.15. The van der Waals surface area contributed by atoms with E-state index >= 15 is 0 Å². The fraction of sp³-hybridized carbons (Fsp3) is 0.625. The molecule has 8 nitrogen and oxygen atoms in total. The highest BCUT2D eigenvalue weighted by Crippen LogP contribution is 2.31. The van der Waals surface area contributed by atoms with Gasteiger partial charge in [0.25, 0.3) is 0 Å². The molecule has 0 spiro atoms. The second-order valence-electron chi connectivity index (χ2n) is 6.74. The van der Waals surface area contributed by atoms with Crippen LogP contribution in [-0.2, 0) is 22.4 Å². The quantitative estimate of drug-likeness (QED) is 0.635. The highest BCUT2D eigenvalue weighted by Gasteiger charge is 2.30. The van der Waals surface area contributed by atoms with Crippen LogP contribution in [0.25, 0.3) is 0 Å². The largest absolute Gasteiger partial charge is 0.300 e. The molecule has 2 N–H and O–H groups in total. The van der Waals surface area contributed by atoms with E-state index in [1.54, 1.807) is 0 Å². The molecule has 0 saturated heterocycles. The van der Waals surface area contributed by atoms with E-state index in [0.29, 0.717) is 10.3 Å². The van der Waals surface area contributed by atoms with Gasteiger partial charge in [0.15, 0.2) is 0 Å². The maximum absolute atomic E-state index is 11.7. The Balaban J connectivity index is 1.16. The molecule has 2 fully saturated rings. The molecule has 2 aromatic heterocycles. The van der Waals surface area contributed by atoms with Crippen molar-refractivity contribution in [1.82, 2.24) is 20.4 Å². The molecule has 0 unspecified atom stereocenters. The molecule has 0 bridgehead atoms. The number of anilines is 2. The molecule has 2 aliphatic carbocycles. The predicted molar refractivity (Wildman–Crippen MR) is 99.2 cm³/mol. The van der Waals surface area contributed by atoms with Gasteiger partial charge in [0, 0.05) is 24.7 Å². The first-order valence-electron chi connectivity index (χ1n) is 8.94. The molecule has 0 aliphatic heterocycles. The van der Waals surface area contributed by atoms with Crippen LogP contribution in [0.1, 0.15) is 48.5 Å². The molecule has 138 valence electrons. The Morgan fingerprint density at radius 2 is 1.19 bits per heavy atom. The summed E-state index contributed by atoms with van der Waals surface area (Å²) in [6.07, 6.45) is 7.53. The average molecular weight is 393 g/mol. The highest BCUT2D eigenvalue weighted by atomic mass is 32.1. The number of rotatable bonds is 9. The van der Waals surface area contributed by atoms with Crippen molar-refractivity contribution in [3.63, 3.8) is 0 Å². The van der Waals surface area contributed by atoms with Crippen LogP contribution < -0.4 is 10.6 Å². The number of aryl methyl sites for hydroxylation is 2. The van der Waals surface area contributed by atoms with Crippen LogP contribution in [0.15, 0.2) is 0 Å². The van der Waals surface area contributed by atoms with E-state index in [1.807, 2.05) is 0 Å². The monoisotopic (exact) mass is 392 g/mol. The van der Waals surface area contributed by atoms with Crippen molar-refractivity contribution in [3.05, 3.63) is 10.0 Å². The Labute approximate surface area is 158 Å². The van der Waals surface area contributed by atoms with Crippen LogP contribution in [0, 0.1) is 11.8 Å². The Morgan fingerprint density at radius 1 is 0.769 bits per heavy atom. The van der Waals surface area contributed by atoms with Gasteiger partial charge < -0.3 is 10.6 Å². The van der Waals surface area contributed by atoms with Crippen molar-refractivity contribution < 1.29 is 9.59 Å². The lowest BCUT2D eigenvalue weighted by Crippen LogP contribution is -2.12. The molecule has 10 heteroatoms. The number of nitrogens with one attached hydrogen (secondary N) is 2. The van der Waals surface area contributed by atoms with Gasteiger partial charge in [0.2, 0.25) is 22.1 Å². The van der Waals surface area contributed by atoms with Gasteiger partial charge in [-0.1, -0.05) is 22.7 Å². The van der Waals surface area contributed by atoms with Gasteiger partial charge in [-0.05, 0) is 38.5 Å². The van der Waals surface area contributed by atoms with Crippen LogP contribution in [-0.4, -0.2) is 32.2 Å². The molecular weight excluding hydrogens is 372 g/mol. The van der Waals surface area contributed by atoms with E-state index in [-0.39, 0.29) is 23.7 Å². The molecule has 26 heavy (non-hydrogen) atoms. The second-order valence-corrected chi connectivity index (χ2v) is 8.86. The summed E-state index contributed by atoms with van der Waals surface area (Å²) >= 11 is 2.89. The van der Waals surface area contributed by atoms with E-state index in [9.17, 15) is 9.59 Å². The number of hydrogen-bond donors (Lipinski definition) is 2. The number of aromatic nitrogens is 4. The lowest BCUT2D eigenvalue weighted by molar-refractivity contribution is -0.118. The molecule has 2 heterocycles. The number of nitrogens with zero attached hydrogens (tertiary/aromatic N) is 4. The van der Waals surface area contributed by atoms with Crippen LogP contribution in [0.5, 0.6) is 0 Å². The summed E-state index contributed by atoms with van der Waals surface area (Å²) in [5.41, 5.74) is 0. The lowest BCUT2D eigenvalue weighted by atomic mass is 10.2. The number of hydrogen-bond acceptors (Lipinski definition) is 8. The summed E-state index contributed by atoms with van der Waals surface area (Å²) in [6, 6.07) is 0. The number of carbonyl (C=O) groups is 2. The van der Waals surface area contributed by atoms with Crippen molar-refractivity contribution in [2.75, 3.05) is 10.6 Å². The van der Waals surface area contributed by atoms with Gasteiger partial charge in [-0.3, -0.25) is 9.59 Å². The van der Waals surface area contributed by atoms with E-state index in [2.05, 4.69) is 31.0 Å². The van der Waals surface area contributed by atoms with Gasteiger partial charge in [0.1, 0.15) is 10.0 Å². The standard InChI is InChI=1S/C16H20N6O2S2/c23-13(9-5-6-9)17-15-21-19-11(25-15)3-1-2-4-12-20-22-16(26-12)18-14(24)10-7-8-10/h9-10H,1-8H2,(H,17,21,23)(H,18,22,24). The molecule has 0 aromatic carbocycles. The predicted octanol–water partition coefficient (Wildman–Crippen LogP) is 2.65. The molecular formula is C16H20N6O2S2. The summed E-state index contributed by atoms with van der Waals surface area (Å²) in [5.74, 6) is 0.475. The maximum atomic E-state index is 11.7. The number of amides is 2. The second kappa shape index (κ2) is 7.75. The van der Waals surface area contributed by atoms with E-state index in [1.165, 1.54) is 22.7 Å². The van der Waals surface area contributed by atoms with Crippen molar-refractivity contribution in [3.8, 4) is 0 Å². The van der Waals surface area contributed by atoms with Crippen molar-refractivity contribution >= 4 is 44.8 Å². The van der Waals surface area contributed by atoms with Crippen molar-refractivity contribution in [1.29, 1.82) is 0 Å². The van der Waals surface area contributed by atoms with Gasteiger partial charge in [-0.15, -0.1) is 20.4 Å². The van der Waals surface area contributed by atoms with E-state index in [4.69, 9.17) is 0 Å². The number of carbonyl (C=O) groups excluding carboxylic acids is 2. The summed E-state index contributed by atoms with van der Waals surface area (Å²) in [6.45, 7) is 0. The van der Waals surface area contributed by atoms with Crippen molar-refractivity contribution in [2.24, 2.45) is 11.8 Å². The minimum absolute atomic E-state index is 0.0635. The van der Waals surface area contributed by atoms with Crippen LogP contribution in [0.4, 0.5) is 10.3 Å². The first kappa shape index (κ1) is 17.5. The van der Waals surface area contributed by atoms with Gasteiger partial charge in [0.05, 0.1) is 0 Å². The molecule has 0 atom stereocenters. The van der Waals surface area contributed by atoms with Gasteiger partial charge >= 0.3 is 0 Å². The molecule has 2 aliphatic rings.